The van der Waals surface area contributed by atoms with E-state index < -0.39 is 6.05 Å². The number of hydrogen-bond acceptors (Lipinski definition) is 1. The summed E-state index contributed by atoms with van der Waals surface area (Å²) in [6.45, 7) is 0. The number of alkyl halides is 2. The molecule has 0 atom stereocenters. The zero-order chi connectivity index (χ0) is 9.73. The quantitative estimate of drug-likeness (QED) is 0.717. The number of hydrogen-bond donors (Lipinski definition) is 1. The summed E-state index contributed by atoms with van der Waals surface area (Å²) in [6, 6.07) is 6.53. The Morgan fingerprint density at radius 2 is 1.77 bits per heavy atom. The first kappa shape index (κ1) is 10.1. The van der Waals surface area contributed by atoms with Gasteiger partial charge in [-0.25, -0.2) is 0 Å². The van der Waals surface area contributed by atoms with Crippen molar-refractivity contribution in [2.24, 2.45) is 5.73 Å². The Balaban J connectivity index is 2.29. The minimum Gasteiger partial charge on any atom is -0.272 e. The second-order valence-corrected chi connectivity index (χ2v) is 3.10. The summed E-state index contributed by atoms with van der Waals surface area (Å²) in [6.07, 6.45) is 0.836. The highest BCUT2D eigenvalue weighted by Gasteiger charge is 2.20. The van der Waals surface area contributed by atoms with E-state index in [2.05, 4.69) is 5.73 Å². The lowest BCUT2D eigenvalue weighted by Gasteiger charge is -2.08. The third kappa shape index (κ3) is 4.58. The number of rotatable bonds is 4. The zero-order valence-corrected chi connectivity index (χ0v) is 7.34. The second kappa shape index (κ2) is 4.33. The van der Waals surface area contributed by atoms with Gasteiger partial charge in [0.1, 0.15) is 0 Å². The minimum absolute atomic E-state index is 0.248. The van der Waals surface area contributed by atoms with Crippen LogP contribution in [0.4, 0.5) is 8.78 Å². The molecule has 3 heteroatoms. The molecule has 0 fully saturated rings. The van der Waals surface area contributed by atoms with Gasteiger partial charge in [-0.1, -0.05) is 30.3 Å². The van der Waals surface area contributed by atoms with Crippen LogP contribution in [0.15, 0.2) is 30.3 Å². The third-order valence-electron chi connectivity index (χ3n) is 1.82. The Morgan fingerprint density at radius 3 is 2.31 bits per heavy atom. The summed E-state index contributed by atoms with van der Waals surface area (Å²) >= 11 is 0. The molecule has 0 aliphatic carbocycles. The van der Waals surface area contributed by atoms with E-state index in [1.54, 1.807) is 0 Å². The molecule has 1 aromatic carbocycles. The van der Waals surface area contributed by atoms with Gasteiger partial charge in [-0.3, -0.25) is 5.73 Å². The zero-order valence-electron chi connectivity index (χ0n) is 7.34. The van der Waals surface area contributed by atoms with E-state index in [4.69, 9.17) is 0 Å². The van der Waals surface area contributed by atoms with Gasteiger partial charge in [-0.2, -0.15) is 8.78 Å². The number of aryl methyl sites for hydroxylation is 1. The first-order chi connectivity index (χ1) is 6.08. The maximum atomic E-state index is 12.2. The van der Waals surface area contributed by atoms with Crippen LogP contribution in [0.5, 0.6) is 0 Å². The van der Waals surface area contributed by atoms with Crippen molar-refractivity contribution in [1.29, 1.82) is 0 Å². The van der Waals surface area contributed by atoms with Gasteiger partial charge >= 0.3 is 0 Å². The molecule has 0 saturated heterocycles. The van der Waals surface area contributed by atoms with Crippen LogP contribution >= 0.6 is 0 Å². The molecule has 0 saturated carbocycles. The summed E-state index contributed by atoms with van der Waals surface area (Å²) < 4.78 is 24.4. The van der Waals surface area contributed by atoms with Gasteiger partial charge in [-0.05, 0) is 18.4 Å². The molecule has 0 spiro atoms. The van der Waals surface area contributed by atoms with Crippen molar-refractivity contribution in [1.82, 2.24) is 0 Å². The van der Waals surface area contributed by atoms with Crippen molar-refractivity contribution in [3.8, 4) is 0 Å². The molecule has 1 aromatic rings. The lowest BCUT2D eigenvalue weighted by atomic mass is 10.1. The Kier molecular flexibility index (Phi) is 3.37. The molecule has 0 bridgehead atoms. The average Bonchev–Trinajstić information content (AvgIpc) is 2.04. The van der Waals surface area contributed by atoms with Crippen LogP contribution < -0.4 is 5.73 Å². The molecule has 13 heavy (non-hydrogen) atoms. The predicted octanol–water partition coefficient (Wildman–Crippen LogP) is 2.56. The van der Waals surface area contributed by atoms with Gasteiger partial charge in [0.05, 0.1) is 0 Å². The first-order valence-corrected chi connectivity index (χ1v) is 4.28. The molecule has 1 rings (SSSR count). The fourth-order valence-corrected chi connectivity index (χ4v) is 1.17. The van der Waals surface area contributed by atoms with E-state index in [9.17, 15) is 8.78 Å². The topological polar surface area (TPSA) is 26.0 Å². The smallest absolute Gasteiger partial charge is 0.272 e. The fourth-order valence-electron chi connectivity index (χ4n) is 1.17. The van der Waals surface area contributed by atoms with E-state index in [-0.39, 0.29) is 6.42 Å². The van der Waals surface area contributed by atoms with Crippen molar-refractivity contribution in [3.05, 3.63) is 35.9 Å². The lowest BCUT2D eigenvalue weighted by Crippen LogP contribution is -2.28. The van der Waals surface area contributed by atoms with Crippen LogP contribution in [0.25, 0.3) is 0 Å². The van der Waals surface area contributed by atoms with Crippen LogP contribution in [0.2, 0.25) is 0 Å². The van der Waals surface area contributed by atoms with Gasteiger partial charge < -0.3 is 0 Å². The summed E-state index contributed by atoms with van der Waals surface area (Å²) in [5.74, 6) is 0. The summed E-state index contributed by atoms with van der Waals surface area (Å²) in [5, 5.41) is 0. The van der Waals surface area contributed by atoms with Crippen LogP contribution in [0.1, 0.15) is 18.4 Å². The molecular weight excluding hydrogens is 172 g/mol. The predicted molar refractivity (Wildman–Crippen MR) is 48.5 cm³/mol. The molecule has 0 unspecified atom stereocenters. The highest BCUT2D eigenvalue weighted by atomic mass is 19.3. The lowest BCUT2D eigenvalue weighted by molar-refractivity contribution is -0.00247. The van der Waals surface area contributed by atoms with Gasteiger partial charge in [0.25, 0.3) is 6.05 Å². The van der Waals surface area contributed by atoms with Crippen LogP contribution in [0, 0.1) is 0 Å². The largest absolute Gasteiger partial charge is 0.300 e. The van der Waals surface area contributed by atoms with E-state index in [1.807, 2.05) is 30.3 Å². The Labute approximate surface area is 76.6 Å². The monoisotopic (exact) mass is 185 g/mol. The Bertz CT molecular complexity index is 241. The number of nitrogens with two attached hydrogens (primary N) is 1. The van der Waals surface area contributed by atoms with Crippen molar-refractivity contribution < 1.29 is 8.78 Å². The van der Waals surface area contributed by atoms with Gasteiger partial charge in [0, 0.05) is 6.42 Å². The van der Waals surface area contributed by atoms with Crippen LogP contribution in [-0.4, -0.2) is 6.05 Å². The third-order valence-corrected chi connectivity index (χ3v) is 1.82. The summed E-state index contributed by atoms with van der Waals surface area (Å²) in [5.41, 5.74) is 5.64. The van der Waals surface area contributed by atoms with Gasteiger partial charge in [0.15, 0.2) is 0 Å². The normalized spacial score (nSPS) is 11.6. The first-order valence-electron chi connectivity index (χ1n) is 4.28. The molecule has 0 aliphatic rings. The van der Waals surface area contributed by atoms with E-state index in [1.165, 1.54) is 0 Å². The Hall–Kier alpha value is -0.960. The van der Waals surface area contributed by atoms with Crippen molar-refractivity contribution in [2.45, 2.75) is 25.3 Å². The molecule has 1 nitrogen and oxygen atoms in total. The molecular formula is C10H13F2N. The van der Waals surface area contributed by atoms with Crippen molar-refractivity contribution in [2.75, 3.05) is 0 Å². The maximum Gasteiger partial charge on any atom is 0.300 e. The van der Waals surface area contributed by atoms with Crippen molar-refractivity contribution >= 4 is 0 Å². The van der Waals surface area contributed by atoms with E-state index >= 15 is 0 Å². The molecule has 0 amide bonds. The molecule has 72 valence electrons. The molecule has 2 N–H and O–H groups in total. The standard InChI is InChI=1S/C10H13F2N/c11-10(12,13)8-4-7-9-5-2-1-3-6-9/h1-3,5-6H,4,7-8,13H2. The molecule has 0 aromatic heterocycles. The van der Waals surface area contributed by atoms with Crippen molar-refractivity contribution in [3.63, 3.8) is 0 Å². The summed E-state index contributed by atoms with van der Waals surface area (Å²) in [7, 11) is 0. The van der Waals surface area contributed by atoms with E-state index in [0.717, 1.165) is 5.56 Å². The highest BCUT2D eigenvalue weighted by Crippen LogP contribution is 2.14. The van der Waals surface area contributed by atoms with Gasteiger partial charge in [0.2, 0.25) is 0 Å². The summed E-state index contributed by atoms with van der Waals surface area (Å²) in [4.78, 5) is 0. The van der Waals surface area contributed by atoms with Gasteiger partial charge in [-0.15, -0.1) is 0 Å². The molecule has 0 aliphatic heterocycles. The van der Waals surface area contributed by atoms with Crippen LogP contribution in [-0.2, 0) is 6.42 Å². The fraction of sp³-hybridized carbons (Fsp3) is 0.400. The minimum atomic E-state index is -3.02. The highest BCUT2D eigenvalue weighted by molar-refractivity contribution is 5.14. The maximum absolute atomic E-state index is 12.2. The molecule has 0 heterocycles. The number of halogens is 2. The average molecular weight is 185 g/mol. The molecule has 0 radical (unpaired) electrons. The van der Waals surface area contributed by atoms with Crippen LogP contribution in [0.3, 0.4) is 0 Å². The SMILES string of the molecule is NC(F)(F)CCCc1ccccc1. The van der Waals surface area contributed by atoms with E-state index in [0.29, 0.717) is 12.8 Å². The Morgan fingerprint density at radius 1 is 1.15 bits per heavy atom. The number of benzene rings is 1. The second-order valence-electron chi connectivity index (χ2n) is 3.10.